The fraction of sp³-hybridized carbons (Fsp3) is 0.495. The molecule has 0 aliphatic carbocycles. The molecule has 0 unspecified atom stereocenters. The van der Waals surface area contributed by atoms with Crippen LogP contribution < -0.4 is 31.2 Å². The topological polar surface area (TPSA) is 139 Å². The Morgan fingerprint density at radius 1 is 0.262 bits per heavy atom. The fourth-order valence-corrected chi connectivity index (χ4v) is 26.3. The summed E-state index contributed by atoms with van der Waals surface area (Å²) in [5.41, 5.74) is 26.8. The molecule has 4 saturated heterocycles. The summed E-state index contributed by atoms with van der Waals surface area (Å²) in [6.07, 6.45) is 13.2. The van der Waals surface area contributed by atoms with Gasteiger partial charge in [0.1, 0.15) is 0 Å². The van der Waals surface area contributed by atoms with E-state index in [-0.39, 0.29) is 0 Å². The lowest BCUT2D eigenvalue weighted by Crippen LogP contribution is -2.33. The molecule has 130 heavy (non-hydrogen) atoms. The zero-order valence-electron chi connectivity index (χ0n) is 76.7. The van der Waals surface area contributed by atoms with Crippen LogP contribution in [0.3, 0.4) is 0 Å². The lowest BCUT2D eigenvalue weighted by molar-refractivity contribution is -0.692. The number of thioether (sulfide) groups is 15. The predicted molar refractivity (Wildman–Crippen MR) is 603 cm³/mol. The van der Waals surface area contributed by atoms with E-state index in [0.717, 1.165) is 135 Å². The number of ether oxygens (including phenoxy) is 6. The second kappa shape index (κ2) is 79.5. The van der Waals surface area contributed by atoms with Crippen LogP contribution in [0.15, 0.2) is 242 Å². The second-order valence-corrected chi connectivity index (χ2v) is 47.8. The maximum atomic E-state index is 6.09. The van der Waals surface area contributed by atoms with Crippen molar-refractivity contribution >= 4 is 176 Å². The first kappa shape index (κ1) is 113. The van der Waals surface area contributed by atoms with Gasteiger partial charge >= 0.3 is 0 Å². The van der Waals surface area contributed by atoms with Crippen LogP contribution >= 0.6 is 176 Å². The minimum atomic E-state index is 0.377. The quantitative estimate of drug-likeness (QED) is 0.0414. The third kappa shape index (κ3) is 56.1. The highest BCUT2D eigenvalue weighted by Crippen LogP contribution is 2.38. The SMILES string of the molecule is C1COCCSCCOCCOCCSCCO1.C1CSCCOCCSCCO1.C1CSCCSCCNCCSCCSCCN1.CSc1cccc(-c2cccc(-c3cc(-c4cccc(-c5ccccc5)c4)cc(-c4cccc(-c5ccccc5)c4)c3)c2)c1.NC1CSCCCSCC(N)CSCCCSC1.c1cc[n+](CCSCCSCC[n+]2ccccc2)cc1. The van der Waals surface area contributed by atoms with Gasteiger partial charge in [0.25, 0.3) is 0 Å². The molecule has 0 radical (unpaired) electrons. The number of aromatic nitrogens is 2. The van der Waals surface area contributed by atoms with Crippen LogP contribution in [0.5, 0.6) is 0 Å². The van der Waals surface area contributed by atoms with Crippen molar-refractivity contribution in [1.29, 1.82) is 0 Å². The van der Waals surface area contributed by atoms with Gasteiger partial charge in [0.15, 0.2) is 37.9 Å². The van der Waals surface area contributed by atoms with E-state index < -0.39 is 0 Å². The van der Waals surface area contributed by atoms with Gasteiger partial charge in [-0.25, -0.2) is 9.13 Å². The van der Waals surface area contributed by atoms with E-state index in [9.17, 15) is 0 Å². The average Bonchev–Trinajstić information content (AvgIpc) is 0.787. The maximum absolute atomic E-state index is 6.09. The summed E-state index contributed by atoms with van der Waals surface area (Å²) in [5.74, 6) is 33.1. The van der Waals surface area contributed by atoms with E-state index in [1.165, 1.54) is 203 Å². The summed E-state index contributed by atoms with van der Waals surface area (Å²) in [7, 11) is 0. The van der Waals surface area contributed by atoms with Gasteiger partial charge < -0.3 is 50.5 Å². The van der Waals surface area contributed by atoms with Crippen LogP contribution in [0.2, 0.25) is 0 Å². The van der Waals surface area contributed by atoms with Crippen molar-refractivity contribution in [2.45, 2.75) is 42.9 Å². The molecule has 6 N–H and O–H groups in total. The molecule has 13 rings (SSSR count). The van der Waals surface area contributed by atoms with Crippen molar-refractivity contribution in [3.05, 3.63) is 237 Å². The molecular formula is C103H146N6O6S15+2. The summed E-state index contributed by atoms with van der Waals surface area (Å²) in [4.78, 5) is 1.27. The molecule has 0 saturated carbocycles. The van der Waals surface area contributed by atoms with Crippen molar-refractivity contribution in [1.82, 2.24) is 10.6 Å². The summed E-state index contributed by atoms with van der Waals surface area (Å²) < 4.78 is 37.2. The number of nitrogens with one attached hydrogen (secondary N) is 2. The normalized spacial score (nSPS) is 18.5. The average molecular weight is 2050 g/mol. The predicted octanol–water partition coefficient (Wildman–Crippen LogP) is 22.4. The Labute approximate surface area is 847 Å². The van der Waals surface area contributed by atoms with E-state index in [2.05, 4.69) is 310 Å². The van der Waals surface area contributed by atoms with Crippen molar-refractivity contribution in [2.75, 3.05) is 273 Å². The molecule has 4 fully saturated rings. The monoisotopic (exact) mass is 2040 g/mol. The Morgan fingerprint density at radius 3 is 0.831 bits per heavy atom. The van der Waals surface area contributed by atoms with E-state index in [1.54, 1.807) is 11.8 Å². The summed E-state index contributed by atoms with van der Waals surface area (Å²) in [6, 6.07) is 77.0. The Bertz CT molecular complexity index is 3770. The number of benzene rings is 7. The molecule has 12 nitrogen and oxygen atoms in total. The van der Waals surface area contributed by atoms with Gasteiger partial charge in [-0.2, -0.15) is 165 Å². The molecule has 9 aromatic rings. The minimum Gasteiger partial charge on any atom is -0.380 e. The fourth-order valence-electron chi connectivity index (χ4n) is 12.9. The molecule has 0 spiro atoms. The number of nitrogens with zero attached hydrogens (tertiary/aromatic N) is 2. The molecule has 712 valence electrons. The van der Waals surface area contributed by atoms with Crippen LogP contribution in [0.25, 0.3) is 66.8 Å². The summed E-state index contributed by atoms with van der Waals surface area (Å²) in [6.45, 7) is 16.5. The van der Waals surface area contributed by atoms with Crippen LogP contribution in [0.4, 0.5) is 0 Å². The number of hydrogen-bond acceptors (Lipinski definition) is 25. The number of aryl methyl sites for hydroxylation is 2. The number of pyridine rings is 2. The second-order valence-electron chi connectivity index (χ2n) is 30.1. The van der Waals surface area contributed by atoms with E-state index in [0.29, 0.717) is 38.5 Å². The van der Waals surface area contributed by atoms with Gasteiger partial charge in [0.05, 0.1) is 90.8 Å². The molecule has 6 heterocycles. The third-order valence-electron chi connectivity index (χ3n) is 19.7. The minimum absolute atomic E-state index is 0.377. The van der Waals surface area contributed by atoms with Crippen LogP contribution in [0.1, 0.15) is 12.8 Å². The van der Waals surface area contributed by atoms with E-state index in [1.807, 2.05) is 118 Å². The molecule has 2 aromatic heterocycles. The molecule has 7 aromatic carbocycles. The van der Waals surface area contributed by atoms with Gasteiger partial charge in [0, 0.05) is 194 Å². The van der Waals surface area contributed by atoms with Crippen LogP contribution in [-0.2, 0) is 41.5 Å². The standard InChI is InChI=1S/C43H32S.C16H22N2S2.2C12H26N2S4.C12H24O4S2.C8H16O2S2/c1-44-43-23-11-22-39(30-43)35-18-10-21-38(26-35)42-28-40(36-19-8-16-33(24-36)31-12-4-2-5-13-31)27-41(29-42)37-20-9-17-34(25-37)32-14-6-3-7-15-32;1-3-7-17(8-4-1)11-13-19-15-16-20-14-12-18-9-5-2-6-10-18;1-5-15-9-10-17-7-3-14-4-8-18-12-11-16-6-2-13-1;13-11-7-15-3-1-4-16-8-12(14)10-18-6-2-5-17-9-11;1-2-14-6-10-18-12-8-16-4-3-15-7-11-17-9-5-13-1;1-5-11-7-3-10-4-8-12-6-2-9-1/h2-30H,1H3;1-10H,11-16H2;13-14H,1-12H2;11-12H,1-10,13-14H2;1-12H2;1-8H2/q;+2;;;;. The smallest absolute Gasteiger partial charge is 0.168 e. The van der Waals surface area contributed by atoms with Crippen molar-refractivity contribution in [3.63, 3.8) is 0 Å². The van der Waals surface area contributed by atoms with E-state index >= 15 is 0 Å². The molecule has 4 aliphatic rings. The molecule has 0 amide bonds. The zero-order chi connectivity index (χ0) is 90.6. The zero-order valence-corrected chi connectivity index (χ0v) is 89.0. The number of hydrogen-bond donors (Lipinski definition) is 4. The Hall–Kier alpha value is -2.31. The Morgan fingerprint density at radius 2 is 0.515 bits per heavy atom. The number of rotatable bonds is 16. The molecule has 4 aliphatic heterocycles. The highest BCUT2D eigenvalue weighted by molar-refractivity contribution is 8.04. The van der Waals surface area contributed by atoms with Crippen molar-refractivity contribution < 1.29 is 37.6 Å². The first-order valence-corrected chi connectivity index (χ1v) is 63.4. The molecule has 27 heteroatoms. The van der Waals surface area contributed by atoms with Crippen LogP contribution in [0, 0.1) is 0 Å². The van der Waals surface area contributed by atoms with Gasteiger partial charge in [-0.3, -0.25) is 0 Å². The first-order chi connectivity index (χ1) is 64.5. The molecule has 0 atom stereocenters. The van der Waals surface area contributed by atoms with E-state index in [4.69, 9.17) is 39.9 Å². The van der Waals surface area contributed by atoms with Gasteiger partial charge in [-0.1, -0.05) is 140 Å². The number of nitrogens with two attached hydrogens (primary N) is 2. The Kier molecular flexibility index (Phi) is 69.1. The Balaban J connectivity index is 0.000000206. The lowest BCUT2D eigenvalue weighted by Gasteiger charge is -2.14. The maximum Gasteiger partial charge on any atom is 0.168 e. The highest BCUT2D eigenvalue weighted by Gasteiger charge is 2.14. The van der Waals surface area contributed by atoms with Crippen molar-refractivity contribution in [2.24, 2.45) is 11.5 Å². The first-order valence-electron chi connectivity index (χ1n) is 46.0. The van der Waals surface area contributed by atoms with Crippen LogP contribution in [-0.4, -0.2) is 285 Å². The summed E-state index contributed by atoms with van der Waals surface area (Å²) >= 11 is 29.8. The third-order valence-corrected chi connectivity index (χ3v) is 35.7. The summed E-state index contributed by atoms with van der Waals surface area (Å²) in [5, 5.41) is 7.05. The lowest BCUT2D eigenvalue weighted by atomic mass is 9.90. The molecule has 0 bridgehead atoms. The molecular weight excluding hydrogens is 1900 g/mol. The van der Waals surface area contributed by atoms with Gasteiger partial charge in [-0.05, 0) is 157 Å². The highest BCUT2D eigenvalue weighted by atomic mass is 32.2. The van der Waals surface area contributed by atoms with Gasteiger partial charge in [-0.15, -0.1) is 11.8 Å². The largest absolute Gasteiger partial charge is 0.380 e. The van der Waals surface area contributed by atoms with Gasteiger partial charge in [0.2, 0.25) is 0 Å². The van der Waals surface area contributed by atoms with Crippen molar-refractivity contribution in [3.8, 4) is 66.8 Å².